The van der Waals surface area contributed by atoms with Crippen molar-refractivity contribution in [2.24, 2.45) is 0 Å². The van der Waals surface area contributed by atoms with Crippen molar-refractivity contribution < 1.29 is 0 Å². The molecule has 0 saturated carbocycles. The molecule has 0 fully saturated rings. The lowest BCUT2D eigenvalue weighted by atomic mass is 9.93. The summed E-state index contributed by atoms with van der Waals surface area (Å²) in [5.74, 6) is 1.71. The van der Waals surface area contributed by atoms with E-state index < -0.39 is 0 Å². The first-order valence-electron chi connectivity index (χ1n) is 7.45. The molecular formula is C17H26. The van der Waals surface area contributed by atoms with Gasteiger partial charge in [0.15, 0.2) is 0 Å². The highest BCUT2D eigenvalue weighted by Crippen LogP contribution is 2.46. The molecule has 0 heteroatoms. The second kappa shape index (κ2) is 6.23. The van der Waals surface area contributed by atoms with Crippen molar-refractivity contribution in [3.8, 4) is 0 Å². The largest absolute Gasteiger partial charge is 0.0654 e. The molecule has 2 unspecified atom stereocenters. The normalized spacial score (nSPS) is 22.7. The van der Waals surface area contributed by atoms with Crippen LogP contribution in [0.2, 0.25) is 0 Å². The molecule has 94 valence electrons. The molecular weight excluding hydrogens is 204 g/mol. The summed E-state index contributed by atoms with van der Waals surface area (Å²) in [6.45, 7) is 4.60. The highest BCUT2D eigenvalue weighted by molar-refractivity contribution is 5.38. The highest BCUT2D eigenvalue weighted by Gasteiger charge is 2.29. The van der Waals surface area contributed by atoms with Crippen molar-refractivity contribution in [3.05, 3.63) is 35.4 Å². The molecule has 0 aromatic heterocycles. The van der Waals surface area contributed by atoms with Crippen LogP contribution in [-0.2, 0) is 0 Å². The lowest BCUT2D eigenvalue weighted by Gasteiger charge is -2.11. The zero-order valence-electron chi connectivity index (χ0n) is 11.4. The molecule has 0 N–H and O–H groups in total. The lowest BCUT2D eigenvalue weighted by Crippen LogP contribution is -1.94. The van der Waals surface area contributed by atoms with Crippen molar-refractivity contribution in [2.75, 3.05) is 0 Å². The van der Waals surface area contributed by atoms with Gasteiger partial charge in [-0.25, -0.2) is 0 Å². The molecule has 0 saturated heterocycles. The Morgan fingerprint density at radius 1 is 0.882 bits per heavy atom. The summed E-state index contributed by atoms with van der Waals surface area (Å²) < 4.78 is 0. The molecule has 1 aromatic rings. The van der Waals surface area contributed by atoms with E-state index in [1.165, 1.54) is 44.9 Å². The third kappa shape index (κ3) is 2.91. The first kappa shape index (κ1) is 12.7. The SMILES string of the molecule is CCCCC1CC(CCCC)c2ccccc21. The van der Waals surface area contributed by atoms with E-state index in [4.69, 9.17) is 0 Å². The summed E-state index contributed by atoms with van der Waals surface area (Å²) in [5, 5.41) is 0. The van der Waals surface area contributed by atoms with Crippen molar-refractivity contribution >= 4 is 0 Å². The van der Waals surface area contributed by atoms with Crippen LogP contribution in [0.15, 0.2) is 24.3 Å². The van der Waals surface area contributed by atoms with Gasteiger partial charge in [0.25, 0.3) is 0 Å². The molecule has 0 bridgehead atoms. The summed E-state index contributed by atoms with van der Waals surface area (Å²) in [6.07, 6.45) is 9.65. The molecule has 1 aromatic carbocycles. The second-order valence-corrected chi connectivity index (χ2v) is 5.54. The molecule has 2 rings (SSSR count). The Morgan fingerprint density at radius 2 is 1.35 bits per heavy atom. The maximum absolute atomic E-state index is 2.38. The van der Waals surface area contributed by atoms with Crippen molar-refractivity contribution in [3.63, 3.8) is 0 Å². The van der Waals surface area contributed by atoms with Gasteiger partial charge >= 0.3 is 0 Å². The van der Waals surface area contributed by atoms with Gasteiger partial charge in [-0.2, -0.15) is 0 Å². The van der Waals surface area contributed by atoms with Crippen LogP contribution in [-0.4, -0.2) is 0 Å². The quantitative estimate of drug-likeness (QED) is 0.593. The summed E-state index contributed by atoms with van der Waals surface area (Å²) in [7, 11) is 0. The summed E-state index contributed by atoms with van der Waals surface area (Å²) in [6, 6.07) is 9.20. The van der Waals surface area contributed by atoms with Crippen LogP contribution in [0, 0.1) is 0 Å². The first-order valence-corrected chi connectivity index (χ1v) is 7.45. The van der Waals surface area contributed by atoms with Crippen LogP contribution in [0.3, 0.4) is 0 Å². The standard InChI is InChI=1S/C17H26/c1-3-5-9-14-13-15(10-6-4-2)17-12-8-7-11-16(14)17/h7-8,11-12,14-15H,3-6,9-10,13H2,1-2H3. The highest BCUT2D eigenvalue weighted by atomic mass is 14.3. The van der Waals surface area contributed by atoms with Crippen LogP contribution in [0.1, 0.15) is 81.8 Å². The number of benzene rings is 1. The monoisotopic (exact) mass is 230 g/mol. The third-order valence-electron chi connectivity index (χ3n) is 4.26. The van der Waals surface area contributed by atoms with E-state index in [1.54, 1.807) is 11.1 Å². The molecule has 1 aliphatic rings. The molecule has 1 aliphatic carbocycles. The van der Waals surface area contributed by atoms with Gasteiger partial charge in [0.05, 0.1) is 0 Å². The van der Waals surface area contributed by atoms with Gasteiger partial charge in [-0.05, 0) is 42.2 Å². The number of hydrogen-bond donors (Lipinski definition) is 0. The Hall–Kier alpha value is -0.780. The van der Waals surface area contributed by atoms with Gasteiger partial charge in [0.1, 0.15) is 0 Å². The Kier molecular flexibility index (Phi) is 4.65. The Balaban J connectivity index is 2.09. The number of hydrogen-bond acceptors (Lipinski definition) is 0. The van der Waals surface area contributed by atoms with Gasteiger partial charge in [0.2, 0.25) is 0 Å². The minimum absolute atomic E-state index is 0.855. The van der Waals surface area contributed by atoms with Gasteiger partial charge in [-0.15, -0.1) is 0 Å². The number of fused-ring (bicyclic) bond motifs is 1. The lowest BCUT2D eigenvalue weighted by molar-refractivity contribution is 0.504. The second-order valence-electron chi connectivity index (χ2n) is 5.54. The fourth-order valence-electron chi connectivity index (χ4n) is 3.30. The maximum atomic E-state index is 2.38. The molecule has 0 aliphatic heterocycles. The minimum Gasteiger partial charge on any atom is -0.0654 e. The molecule has 0 amide bonds. The summed E-state index contributed by atoms with van der Waals surface area (Å²) in [4.78, 5) is 0. The zero-order chi connectivity index (χ0) is 12.1. The molecule has 0 nitrogen and oxygen atoms in total. The van der Waals surface area contributed by atoms with Crippen LogP contribution < -0.4 is 0 Å². The Morgan fingerprint density at radius 3 is 1.76 bits per heavy atom. The summed E-state index contributed by atoms with van der Waals surface area (Å²) >= 11 is 0. The van der Waals surface area contributed by atoms with Gasteiger partial charge < -0.3 is 0 Å². The van der Waals surface area contributed by atoms with E-state index >= 15 is 0 Å². The first-order chi connectivity index (χ1) is 8.36. The molecule has 0 spiro atoms. The molecule has 0 radical (unpaired) electrons. The van der Waals surface area contributed by atoms with E-state index in [2.05, 4.69) is 38.1 Å². The van der Waals surface area contributed by atoms with Crippen LogP contribution in [0.4, 0.5) is 0 Å². The number of unbranched alkanes of at least 4 members (excludes halogenated alkanes) is 2. The molecule has 2 atom stereocenters. The average Bonchev–Trinajstić information content (AvgIpc) is 2.72. The molecule has 0 heterocycles. The van der Waals surface area contributed by atoms with Gasteiger partial charge in [-0.3, -0.25) is 0 Å². The number of rotatable bonds is 6. The van der Waals surface area contributed by atoms with Crippen molar-refractivity contribution in [1.29, 1.82) is 0 Å². The van der Waals surface area contributed by atoms with E-state index in [0.717, 1.165) is 11.8 Å². The van der Waals surface area contributed by atoms with Gasteiger partial charge in [0, 0.05) is 0 Å². The Labute approximate surface area is 106 Å². The topological polar surface area (TPSA) is 0 Å². The van der Waals surface area contributed by atoms with Gasteiger partial charge in [-0.1, -0.05) is 63.8 Å². The fourth-order valence-corrected chi connectivity index (χ4v) is 3.30. The van der Waals surface area contributed by atoms with E-state index in [0.29, 0.717) is 0 Å². The van der Waals surface area contributed by atoms with Crippen LogP contribution in [0.25, 0.3) is 0 Å². The van der Waals surface area contributed by atoms with Crippen molar-refractivity contribution in [2.45, 2.75) is 70.6 Å². The fraction of sp³-hybridized carbons (Fsp3) is 0.647. The van der Waals surface area contributed by atoms with E-state index in [9.17, 15) is 0 Å². The minimum atomic E-state index is 0.855. The predicted molar refractivity (Wildman–Crippen MR) is 75.6 cm³/mol. The van der Waals surface area contributed by atoms with Crippen LogP contribution >= 0.6 is 0 Å². The predicted octanol–water partition coefficient (Wildman–Crippen LogP) is 5.64. The molecule has 17 heavy (non-hydrogen) atoms. The third-order valence-corrected chi connectivity index (χ3v) is 4.26. The summed E-state index contributed by atoms with van der Waals surface area (Å²) in [5.41, 5.74) is 3.34. The Bertz CT molecular complexity index is 307. The average molecular weight is 230 g/mol. The van der Waals surface area contributed by atoms with Crippen LogP contribution in [0.5, 0.6) is 0 Å². The van der Waals surface area contributed by atoms with Crippen molar-refractivity contribution in [1.82, 2.24) is 0 Å². The van der Waals surface area contributed by atoms with E-state index in [-0.39, 0.29) is 0 Å². The zero-order valence-corrected chi connectivity index (χ0v) is 11.4. The van der Waals surface area contributed by atoms with E-state index in [1.807, 2.05) is 0 Å². The smallest absolute Gasteiger partial charge is 0.0153 e. The maximum Gasteiger partial charge on any atom is -0.0153 e.